The van der Waals surface area contributed by atoms with Crippen LogP contribution in [0.4, 0.5) is 13.2 Å². The summed E-state index contributed by atoms with van der Waals surface area (Å²) >= 11 is 0. The predicted molar refractivity (Wildman–Crippen MR) is 78.0 cm³/mol. The minimum absolute atomic E-state index is 0.190. The Kier molecular flexibility index (Phi) is 5.31. The van der Waals surface area contributed by atoms with Gasteiger partial charge in [0.05, 0.1) is 25.4 Å². The molecule has 1 fully saturated rings. The summed E-state index contributed by atoms with van der Waals surface area (Å²) in [5.74, 6) is -0.315. The maximum atomic E-state index is 12.8. The van der Waals surface area contributed by atoms with Gasteiger partial charge >= 0.3 is 6.18 Å². The molecule has 7 heteroatoms. The van der Waals surface area contributed by atoms with E-state index in [1.54, 1.807) is 19.9 Å². The third-order valence-electron chi connectivity index (χ3n) is 3.78. The molecule has 0 unspecified atom stereocenters. The summed E-state index contributed by atoms with van der Waals surface area (Å²) in [6.45, 7) is 4.76. The van der Waals surface area contributed by atoms with E-state index in [4.69, 9.17) is 9.47 Å². The molecule has 4 nitrogen and oxygen atoms in total. The third-order valence-corrected chi connectivity index (χ3v) is 3.78. The summed E-state index contributed by atoms with van der Waals surface area (Å²) in [5, 5.41) is 2.72. The van der Waals surface area contributed by atoms with E-state index in [1.165, 1.54) is 6.07 Å². The van der Waals surface area contributed by atoms with Gasteiger partial charge in [-0.2, -0.15) is 13.2 Å². The Hall–Kier alpha value is -1.60. The maximum absolute atomic E-state index is 12.8. The number of carbonyl (C=O) groups is 1. The molecule has 0 aliphatic carbocycles. The zero-order valence-corrected chi connectivity index (χ0v) is 13.1. The molecule has 0 spiro atoms. The van der Waals surface area contributed by atoms with Crippen molar-refractivity contribution in [1.82, 2.24) is 5.32 Å². The molecule has 128 valence electrons. The van der Waals surface area contributed by atoms with E-state index < -0.39 is 23.3 Å². The number of ether oxygens (including phenoxy) is 2. The first kappa shape index (κ1) is 17.7. The molecule has 1 aliphatic rings. The number of hydrogen-bond acceptors (Lipinski definition) is 3. The summed E-state index contributed by atoms with van der Waals surface area (Å²) in [4.78, 5) is 12.0. The van der Waals surface area contributed by atoms with E-state index in [9.17, 15) is 18.0 Å². The van der Waals surface area contributed by atoms with E-state index >= 15 is 0 Å². The zero-order chi connectivity index (χ0) is 17.1. The van der Waals surface area contributed by atoms with E-state index in [2.05, 4.69) is 5.32 Å². The number of hydrogen-bond donors (Lipinski definition) is 1. The van der Waals surface area contributed by atoms with Crippen molar-refractivity contribution in [2.45, 2.75) is 31.5 Å². The second-order valence-corrected chi connectivity index (χ2v) is 6.11. The number of carbonyl (C=O) groups excluding carboxylic acids is 1. The van der Waals surface area contributed by atoms with E-state index in [1.807, 2.05) is 0 Å². The number of nitrogens with one attached hydrogen (secondary N) is 1. The van der Waals surface area contributed by atoms with E-state index in [-0.39, 0.29) is 19.1 Å². The molecule has 1 amide bonds. The third kappa shape index (κ3) is 4.68. The molecule has 1 heterocycles. The van der Waals surface area contributed by atoms with E-state index in [0.717, 1.165) is 12.1 Å². The van der Waals surface area contributed by atoms with Crippen LogP contribution in [0.15, 0.2) is 24.3 Å². The molecular formula is C16H20F3NO3. The topological polar surface area (TPSA) is 47.6 Å². The minimum Gasteiger partial charge on any atom is -0.376 e. The van der Waals surface area contributed by atoms with Crippen molar-refractivity contribution in [1.29, 1.82) is 0 Å². The molecule has 0 radical (unpaired) electrons. The molecule has 1 aromatic carbocycles. The van der Waals surface area contributed by atoms with Crippen molar-refractivity contribution in [2.75, 3.05) is 26.4 Å². The van der Waals surface area contributed by atoms with Gasteiger partial charge in [0.2, 0.25) is 0 Å². The zero-order valence-electron chi connectivity index (χ0n) is 13.1. The molecule has 2 rings (SSSR count). The van der Waals surface area contributed by atoms with Crippen molar-refractivity contribution < 1.29 is 27.4 Å². The molecule has 1 aromatic rings. The largest absolute Gasteiger partial charge is 0.416 e. The summed E-state index contributed by atoms with van der Waals surface area (Å²) in [6, 6.07) is 5.15. The second-order valence-electron chi connectivity index (χ2n) is 6.11. The van der Waals surface area contributed by atoms with E-state index in [0.29, 0.717) is 18.8 Å². The van der Waals surface area contributed by atoms with Crippen LogP contribution >= 0.6 is 0 Å². The van der Waals surface area contributed by atoms with Crippen LogP contribution in [0.3, 0.4) is 0 Å². The van der Waals surface area contributed by atoms with Gasteiger partial charge < -0.3 is 14.8 Å². The molecule has 23 heavy (non-hydrogen) atoms. The molecule has 0 saturated carbocycles. The van der Waals surface area contributed by atoms with Crippen molar-refractivity contribution in [3.8, 4) is 0 Å². The number of rotatable bonds is 4. The Bertz CT molecular complexity index is 552. The Balaban J connectivity index is 2.02. The number of halogens is 3. The SMILES string of the molecule is CC(C)(CNC(=O)[C@@H]1COCCO1)c1cccc(C(F)(F)F)c1. The Morgan fingerprint density at radius 1 is 1.26 bits per heavy atom. The number of amides is 1. The fourth-order valence-corrected chi connectivity index (χ4v) is 2.28. The first-order chi connectivity index (χ1) is 10.7. The maximum Gasteiger partial charge on any atom is 0.416 e. The van der Waals surface area contributed by atoms with Gasteiger partial charge in [-0.15, -0.1) is 0 Å². The summed E-state index contributed by atoms with van der Waals surface area (Å²) < 4.78 is 48.9. The van der Waals surface area contributed by atoms with Gasteiger partial charge in [-0.05, 0) is 11.6 Å². The highest BCUT2D eigenvalue weighted by molar-refractivity contribution is 5.81. The molecular weight excluding hydrogens is 311 g/mol. The molecule has 0 aromatic heterocycles. The van der Waals surface area contributed by atoms with Crippen molar-refractivity contribution in [3.05, 3.63) is 35.4 Å². The number of alkyl halides is 3. The Labute approximate surface area is 133 Å². The van der Waals surface area contributed by atoms with Crippen molar-refractivity contribution in [2.24, 2.45) is 0 Å². The molecule has 1 atom stereocenters. The Morgan fingerprint density at radius 2 is 1.96 bits per heavy atom. The predicted octanol–water partition coefficient (Wildman–Crippen LogP) is 2.51. The normalized spacial score (nSPS) is 19.4. The molecule has 0 bridgehead atoms. The lowest BCUT2D eigenvalue weighted by Gasteiger charge is -2.28. The lowest BCUT2D eigenvalue weighted by atomic mass is 9.83. The van der Waals surface area contributed by atoms with Crippen LogP contribution < -0.4 is 5.32 Å². The highest BCUT2D eigenvalue weighted by atomic mass is 19.4. The molecule has 1 aliphatic heterocycles. The van der Waals surface area contributed by atoms with Crippen LogP contribution in [-0.4, -0.2) is 38.4 Å². The van der Waals surface area contributed by atoms with Crippen LogP contribution in [0.2, 0.25) is 0 Å². The first-order valence-electron chi connectivity index (χ1n) is 7.35. The van der Waals surface area contributed by atoms with Crippen LogP contribution in [0.25, 0.3) is 0 Å². The summed E-state index contributed by atoms with van der Waals surface area (Å²) in [6.07, 6.45) is -5.05. The van der Waals surface area contributed by atoms with Gasteiger partial charge in [0.25, 0.3) is 5.91 Å². The fourth-order valence-electron chi connectivity index (χ4n) is 2.28. The van der Waals surface area contributed by atoms with Crippen LogP contribution in [0.5, 0.6) is 0 Å². The highest BCUT2D eigenvalue weighted by Crippen LogP contribution is 2.32. The lowest BCUT2D eigenvalue weighted by molar-refractivity contribution is -0.147. The van der Waals surface area contributed by atoms with Crippen molar-refractivity contribution in [3.63, 3.8) is 0 Å². The summed E-state index contributed by atoms with van der Waals surface area (Å²) in [7, 11) is 0. The lowest BCUT2D eigenvalue weighted by Crippen LogP contribution is -2.46. The monoisotopic (exact) mass is 331 g/mol. The molecule has 1 N–H and O–H groups in total. The van der Waals surface area contributed by atoms with Gasteiger partial charge in [-0.1, -0.05) is 32.0 Å². The van der Waals surface area contributed by atoms with Crippen LogP contribution in [-0.2, 0) is 25.9 Å². The smallest absolute Gasteiger partial charge is 0.376 e. The average Bonchev–Trinajstić information content (AvgIpc) is 2.53. The quantitative estimate of drug-likeness (QED) is 0.922. The fraction of sp³-hybridized carbons (Fsp3) is 0.562. The Morgan fingerprint density at radius 3 is 2.57 bits per heavy atom. The van der Waals surface area contributed by atoms with Crippen LogP contribution in [0, 0.1) is 0 Å². The number of benzene rings is 1. The standard InChI is InChI=1S/C16H20F3NO3/c1-15(2,10-20-14(21)13-9-22-6-7-23-13)11-4-3-5-12(8-11)16(17,18)19/h3-5,8,13H,6-7,9-10H2,1-2H3,(H,20,21)/t13-/m0/s1. The van der Waals surface area contributed by atoms with Gasteiger partial charge in [0.1, 0.15) is 0 Å². The highest BCUT2D eigenvalue weighted by Gasteiger charge is 2.32. The van der Waals surface area contributed by atoms with Gasteiger partial charge in [0.15, 0.2) is 6.10 Å². The summed E-state index contributed by atoms with van der Waals surface area (Å²) in [5.41, 5.74) is -0.834. The average molecular weight is 331 g/mol. The molecule has 1 saturated heterocycles. The van der Waals surface area contributed by atoms with Crippen LogP contribution in [0.1, 0.15) is 25.0 Å². The first-order valence-corrected chi connectivity index (χ1v) is 7.35. The van der Waals surface area contributed by atoms with Gasteiger partial charge in [0, 0.05) is 12.0 Å². The van der Waals surface area contributed by atoms with Gasteiger partial charge in [-0.3, -0.25) is 4.79 Å². The van der Waals surface area contributed by atoms with Crippen molar-refractivity contribution >= 4 is 5.91 Å². The second kappa shape index (κ2) is 6.88. The van der Waals surface area contributed by atoms with Gasteiger partial charge in [-0.25, -0.2) is 0 Å². The minimum atomic E-state index is -4.39.